The molecular formula is C17H13NO3. The van der Waals surface area contributed by atoms with Gasteiger partial charge in [0.25, 0.3) is 0 Å². The number of ether oxygens (including phenoxy) is 1. The van der Waals surface area contributed by atoms with Crippen LogP contribution < -0.4 is 4.74 Å². The van der Waals surface area contributed by atoms with Gasteiger partial charge < -0.3 is 9.84 Å². The molecule has 0 saturated carbocycles. The highest BCUT2D eigenvalue weighted by atomic mass is 16.5. The van der Waals surface area contributed by atoms with Gasteiger partial charge >= 0.3 is 5.97 Å². The summed E-state index contributed by atoms with van der Waals surface area (Å²) in [7, 11) is 1.62. The third kappa shape index (κ3) is 2.31. The minimum atomic E-state index is -0.952. The molecule has 2 aromatic carbocycles. The quantitative estimate of drug-likeness (QED) is 0.795. The van der Waals surface area contributed by atoms with Crippen molar-refractivity contribution in [2.75, 3.05) is 7.11 Å². The molecule has 4 heteroatoms. The van der Waals surface area contributed by atoms with Gasteiger partial charge in [-0.15, -0.1) is 0 Å². The van der Waals surface area contributed by atoms with Crippen LogP contribution in [0.4, 0.5) is 0 Å². The molecular weight excluding hydrogens is 266 g/mol. The molecule has 0 amide bonds. The van der Waals surface area contributed by atoms with E-state index in [1.165, 1.54) is 0 Å². The number of fused-ring (bicyclic) bond motifs is 1. The highest BCUT2D eigenvalue weighted by Gasteiger charge is 2.11. The van der Waals surface area contributed by atoms with Gasteiger partial charge in [-0.2, -0.15) is 0 Å². The number of methoxy groups -OCH3 is 1. The fourth-order valence-corrected chi connectivity index (χ4v) is 2.38. The Morgan fingerprint density at radius 3 is 2.67 bits per heavy atom. The highest BCUT2D eigenvalue weighted by Crippen LogP contribution is 2.34. The van der Waals surface area contributed by atoms with E-state index in [4.69, 9.17) is 9.84 Å². The van der Waals surface area contributed by atoms with E-state index in [2.05, 4.69) is 4.98 Å². The lowest BCUT2D eigenvalue weighted by Gasteiger charge is -2.11. The van der Waals surface area contributed by atoms with Crippen molar-refractivity contribution in [2.24, 2.45) is 0 Å². The van der Waals surface area contributed by atoms with Crippen molar-refractivity contribution in [1.29, 1.82) is 0 Å². The van der Waals surface area contributed by atoms with E-state index in [0.717, 1.165) is 27.8 Å². The van der Waals surface area contributed by atoms with Crippen LogP contribution in [0.25, 0.3) is 22.0 Å². The number of carboxylic acid groups (broad SMARTS) is 1. The average molecular weight is 279 g/mol. The Balaban J connectivity index is 2.31. The molecule has 0 aliphatic rings. The molecule has 0 saturated heterocycles. The minimum Gasteiger partial charge on any atom is -0.496 e. The third-order valence-corrected chi connectivity index (χ3v) is 3.39. The molecule has 0 radical (unpaired) electrons. The van der Waals surface area contributed by atoms with E-state index in [0.29, 0.717) is 0 Å². The zero-order valence-corrected chi connectivity index (χ0v) is 11.4. The van der Waals surface area contributed by atoms with Crippen LogP contribution in [0.5, 0.6) is 5.75 Å². The summed E-state index contributed by atoms with van der Waals surface area (Å²) in [5, 5.41) is 9.95. The van der Waals surface area contributed by atoms with Gasteiger partial charge in [0.15, 0.2) is 0 Å². The maximum absolute atomic E-state index is 11.2. The Kier molecular flexibility index (Phi) is 3.28. The molecule has 104 valence electrons. The summed E-state index contributed by atoms with van der Waals surface area (Å²) in [5.41, 5.74) is 2.81. The zero-order chi connectivity index (χ0) is 14.8. The van der Waals surface area contributed by atoms with E-state index in [1.807, 2.05) is 30.3 Å². The summed E-state index contributed by atoms with van der Waals surface area (Å²) in [6, 6.07) is 14.4. The van der Waals surface area contributed by atoms with Crippen LogP contribution in [0.2, 0.25) is 0 Å². The Morgan fingerprint density at radius 2 is 1.90 bits per heavy atom. The number of pyridine rings is 1. The number of hydrogen-bond donors (Lipinski definition) is 1. The van der Waals surface area contributed by atoms with Crippen molar-refractivity contribution in [1.82, 2.24) is 4.98 Å². The van der Waals surface area contributed by atoms with Crippen LogP contribution >= 0.6 is 0 Å². The number of carboxylic acids is 1. The van der Waals surface area contributed by atoms with Gasteiger partial charge in [-0.05, 0) is 35.9 Å². The van der Waals surface area contributed by atoms with Crippen LogP contribution in [0.3, 0.4) is 0 Å². The van der Waals surface area contributed by atoms with E-state index in [9.17, 15) is 4.79 Å². The molecule has 1 heterocycles. The van der Waals surface area contributed by atoms with E-state index < -0.39 is 5.97 Å². The number of benzene rings is 2. The summed E-state index contributed by atoms with van der Waals surface area (Å²) in [4.78, 5) is 15.5. The smallest absolute Gasteiger partial charge is 0.335 e. The normalized spacial score (nSPS) is 10.5. The lowest BCUT2D eigenvalue weighted by molar-refractivity contribution is 0.0697. The first-order valence-electron chi connectivity index (χ1n) is 6.46. The van der Waals surface area contributed by atoms with Crippen molar-refractivity contribution in [2.45, 2.75) is 0 Å². The maximum atomic E-state index is 11.2. The molecule has 1 aromatic heterocycles. The molecule has 0 unspecified atom stereocenters. The number of aromatic carboxylic acids is 1. The lowest BCUT2D eigenvalue weighted by atomic mass is 9.99. The maximum Gasteiger partial charge on any atom is 0.335 e. The Morgan fingerprint density at radius 1 is 1.10 bits per heavy atom. The van der Waals surface area contributed by atoms with Gasteiger partial charge in [0.1, 0.15) is 5.75 Å². The van der Waals surface area contributed by atoms with Gasteiger partial charge in [0.2, 0.25) is 0 Å². The Hall–Kier alpha value is -2.88. The zero-order valence-electron chi connectivity index (χ0n) is 11.4. The molecule has 1 N–H and O–H groups in total. The van der Waals surface area contributed by atoms with Gasteiger partial charge in [0, 0.05) is 17.1 Å². The molecule has 3 aromatic rings. The van der Waals surface area contributed by atoms with Crippen molar-refractivity contribution in [3.8, 4) is 16.9 Å². The number of nitrogens with zero attached hydrogens (tertiary/aromatic N) is 1. The predicted octanol–water partition coefficient (Wildman–Crippen LogP) is 3.61. The summed E-state index contributed by atoms with van der Waals surface area (Å²) >= 11 is 0. The van der Waals surface area contributed by atoms with Crippen molar-refractivity contribution in [3.05, 3.63) is 60.3 Å². The van der Waals surface area contributed by atoms with Crippen LogP contribution in [-0.4, -0.2) is 23.2 Å². The van der Waals surface area contributed by atoms with E-state index in [-0.39, 0.29) is 5.56 Å². The van der Waals surface area contributed by atoms with Crippen LogP contribution in [0, 0.1) is 0 Å². The fourth-order valence-electron chi connectivity index (χ4n) is 2.38. The first kappa shape index (κ1) is 13.1. The van der Waals surface area contributed by atoms with E-state index in [1.54, 1.807) is 31.5 Å². The minimum absolute atomic E-state index is 0.242. The van der Waals surface area contributed by atoms with Crippen LogP contribution in [0.15, 0.2) is 54.7 Å². The Labute approximate surface area is 121 Å². The topological polar surface area (TPSA) is 59.4 Å². The van der Waals surface area contributed by atoms with Crippen molar-refractivity contribution < 1.29 is 14.6 Å². The van der Waals surface area contributed by atoms with Crippen LogP contribution in [-0.2, 0) is 0 Å². The summed E-state index contributed by atoms with van der Waals surface area (Å²) < 4.78 is 5.39. The SMILES string of the molecule is COc1ccccc1-c1ccnc2ccc(C(=O)O)cc12. The summed E-state index contributed by atoms with van der Waals surface area (Å²) in [5.74, 6) is -0.211. The van der Waals surface area contributed by atoms with E-state index >= 15 is 0 Å². The molecule has 21 heavy (non-hydrogen) atoms. The second-order valence-electron chi connectivity index (χ2n) is 4.60. The van der Waals surface area contributed by atoms with Gasteiger partial charge in [-0.3, -0.25) is 4.98 Å². The first-order valence-corrected chi connectivity index (χ1v) is 6.46. The number of para-hydroxylation sites is 1. The Bertz CT molecular complexity index is 827. The fraction of sp³-hybridized carbons (Fsp3) is 0.0588. The molecule has 4 nitrogen and oxygen atoms in total. The number of carbonyl (C=O) groups is 1. The summed E-state index contributed by atoms with van der Waals surface area (Å²) in [6.45, 7) is 0. The standard InChI is InChI=1S/C17H13NO3/c1-21-16-5-3-2-4-13(16)12-8-9-18-15-7-6-11(17(19)20)10-14(12)15/h2-10H,1H3,(H,19,20). The lowest BCUT2D eigenvalue weighted by Crippen LogP contribution is -1.96. The largest absolute Gasteiger partial charge is 0.496 e. The predicted molar refractivity (Wildman–Crippen MR) is 80.7 cm³/mol. The average Bonchev–Trinajstić information content (AvgIpc) is 2.53. The van der Waals surface area contributed by atoms with Crippen molar-refractivity contribution in [3.63, 3.8) is 0 Å². The first-order chi connectivity index (χ1) is 10.2. The number of hydrogen-bond acceptors (Lipinski definition) is 3. The second-order valence-corrected chi connectivity index (χ2v) is 4.60. The van der Waals surface area contributed by atoms with Crippen LogP contribution in [0.1, 0.15) is 10.4 Å². The molecule has 3 rings (SSSR count). The van der Waals surface area contributed by atoms with Gasteiger partial charge in [-0.25, -0.2) is 4.79 Å². The molecule has 0 spiro atoms. The molecule has 0 aliphatic carbocycles. The van der Waals surface area contributed by atoms with Gasteiger partial charge in [-0.1, -0.05) is 18.2 Å². The molecule has 0 atom stereocenters. The third-order valence-electron chi connectivity index (χ3n) is 3.39. The molecule has 0 fully saturated rings. The molecule has 0 bridgehead atoms. The monoisotopic (exact) mass is 279 g/mol. The van der Waals surface area contributed by atoms with Crippen molar-refractivity contribution >= 4 is 16.9 Å². The summed E-state index contributed by atoms with van der Waals surface area (Å²) in [6.07, 6.45) is 1.71. The van der Waals surface area contributed by atoms with Gasteiger partial charge in [0.05, 0.1) is 18.2 Å². The number of rotatable bonds is 3. The second kappa shape index (κ2) is 5.25. The molecule has 0 aliphatic heterocycles. The highest BCUT2D eigenvalue weighted by molar-refractivity contribution is 6.00. The number of aromatic nitrogens is 1.